The van der Waals surface area contributed by atoms with E-state index in [0.717, 1.165) is 22.8 Å². The Morgan fingerprint density at radius 2 is 1.93 bits per heavy atom. The van der Waals surface area contributed by atoms with Gasteiger partial charge in [-0.15, -0.1) is 0 Å². The Balaban J connectivity index is 1.74. The number of halogens is 2. The van der Waals surface area contributed by atoms with Crippen LogP contribution in [0.4, 0.5) is 0 Å². The lowest BCUT2D eigenvalue weighted by Gasteiger charge is -2.29. The van der Waals surface area contributed by atoms with E-state index in [4.69, 9.17) is 39.8 Å². The number of pyridine rings is 1. The summed E-state index contributed by atoms with van der Waals surface area (Å²) >= 11 is 17.8. The zero-order valence-electron chi connectivity index (χ0n) is 15.4. The molecule has 1 fully saturated rings. The Bertz CT molecular complexity index is 1010. The molecule has 1 saturated heterocycles. The van der Waals surface area contributed by atoms with E-state index in [2.05, 4.69) is 29.0 Å². The molecule has 3 aromatic rings. The van der Waals surface area contributed by atoms with Crippen molar-refractivity contribution in [3.63, 3.8) is 0 Å². The lowest BCUT2D eigenvalue weighted by molar-refractivity contribution is 0.237. The molecule has 7 heteroatoms. The van der Waals surface area contributed by atoms with Crippen molar-refractivity contribution < 1.29 is 4.42 Å². The first kappa shape index (κ1) is 19.2. The van der Waals surface area contributed by atoms with Gasteiger partial charge in [0.2, 0.25) is 0 Å². The second kappa shape index (κ2) is 7.74. The number of rotatable bonds is 4. The normalized spacial score (nSPS) is 19.3. The van der Waals surface area contributed by atoms with Crippen LogP contribution < -0.4 is 5.32 Å². The molecule has 0 saturated carbocycles. The second-order valence-corrected chi connectivity index (χ2v) is 8.16. The van der Waals surface area contributed by atoms with Gasteiger partial charge in [0.25, 0.3) is 0 Å². The van der Waals surface area contributed by atoms with Crippen LogP contribution in [0, 0.1) is 0 Å². The van der Waals surface area contributed by atoms with Crippen LogP contribution in [-0.2, 0) is 0 Å². The monoisotopic (exact) mass is 431 g/mol. The number of aromatic nitrogens is 1. The Kier molecular flexibility index (Phi) is 5.32. The standard InChI is InChI=1S/C21H19Cl2N3OS/c1-12(2)26-20(19(25-21(26)28)16-5-3-4-10-24-16)18-9-8-17(27-18)13-6-7-14(22)15(23)11-13/h3-12,19-20H,1-2H3,(H,25,28)/t19-,20-/m1/s1. The van der Waals surface area contributed by atoms with Crippen LogP contribution in [0.3, 0.4) is 0 Å². The Morgan fingerprint density at radius 3 is 2.61 bits per heavy atom. The highest BCUT2D eigenvalue weighted by Gasteiger charge is 2.42. The third kappa shape index (κ3) is 3.50. The maximum atomic E-state index is 6.26. The lowest BCUT2D eigenvalue weighted by Crippen LogP contribution is -2.35. The van der Waals surface area contributed by atoms with E-state index < -0.39 is 0 Å². The highest BCUT2D eigenvalue weighted by atomic mass is 35.5. The molecule has 0 unspecified atom stereocenters. The molecular formula is C21H19Cl2N3OS. The molecule has 0 amide bonds. The average molecular weight is 432 g/mol. The highest BCUT2D eigenvalue weighted by molar-refractivity contribution is 7.80. The predicted molar refractivity (Wildman–Crippen MR) is 117 cm³/mol. The first-order valence-electron chi connectivity index (χ1n) is 9.00. The van der Waals surface area contributed by atoms with Gasteiger partial charge in [0, 0.05) is 17.8 Å². The van der Waals surface area contributed by atoms with E-state index in [0.29, 0.717) is 15.2 Å². The summed E-state index contributed by atoms with van der Waals surface area (Å²) in [5, 5.41) is 5.12. The van der Waals surface area contributed by atoms with Crippen molar-refractivity contribution in [3.8, 4) is 11.3 Å². The largest absolute Gasteiger partial charge is 0.459 e. The Labute approximate surface area is 179 Å². The van der Waals surface area contributed by atoms with Gasteiger partial charge in [-0.1, -0.05) is 29.3 Å². The van der Waals surface area contributed by atoms with Crippen LogP contribution in [0.25, 0.3) is 11.3 Å². The lowest BCUT2D eigenvalue weighted by atomic mass is 10.0. The highest BCUT2D eigenvalue weighted by Crippen LogP contribution is 2.41. The maximum Gasteiger partial charge on any atom is 0.170 e. The number of furan rings is 1. The molecule has 0 spiro atoms. The number of thiocarbonyl (C=S) groups is 1. The Hall–Kier alpha value is -2.08. The topological polar surface area (TPSA) is 41.3 Å². The molecule has 1 N–H and O–H groups in total. The molecule has 0 aliphatic carbocycles. The number of nitrogens with zero attached hydrogens (tertiary/aromatic N) is 2. The maximum absolute atomic E-state index is 6.26. The van der Waals surface area contributed by atoms with Crippen LogP contribution in [0.5, 0.6) is 0 Å². The summed E-state index contributed by atoms with van der Waals surface area (Å²) in [6.45, 7) is 4.23. The first-order valence-corrected chi connectivity index (χ1v) is 10.2. The van der Waals surface area contributed by atoms with E-state index in [1.807, 2.05) is 36.4 Å². The van der Waals surface area contributed by atoms with Crippen LogP contribution in [0.2, 0.25) is 10.0 Å². The molecular weight excluding hydrogens is 413 g/mol. The smallest absolute Gasteiger partial charge is 0.170 e. The van der Waals surface area contributed by atoms with E-state index in [1.54, 1.807) is 18.3 Å². The fourth-order valence-electron chi connectivity index (χ4n) is 3.54. The van der Waals surface area contributed by atoms with Crippen molar-refractivity contribution in [2.75, 3.05) is 0 Å². The molecule has 1 aromatic carbocycles. The summed E-state index contributed by atoms with van der Waals surface area (Å²) in [6.07, 6.45) is 1.79. The van der Waals surface area contributed by atoms with Gasteiger partial charge >= 0.3 is 0 Å². The number of hydrogen-bond acceptors (Lipinski definition) is 3. The fourth-order valence-corrected chi connectivity index (χ4v) is 4.29. The van der Waals surface area contributed by atoms with Crippen LogP contribution in [0.1, 0.15) is 37.4 Å². The van der Waals surface area contributed by atoms with E-state index in [-0.39, 0.29) is 18.1 Å². The molecule has 0 bridgehead atoms. The summed E-state index contributed by atoms with van der Waals surface area (Å²) in [5.74, 6) is 1.55. The molecule has 2 aromatic heterocycles. The van der Waals surface area contributed by atoms with Crippen molar-refractivity contribution in [2.45, 2.75) is 32.0 Å². The summed E-state index contributed by atoms with van der Waals surface area (Å²) in [6, 6.07) is 15.3. The van der Waals surface area contributed by atoms with Crippen molar-refractivity contribution >= 4 is 40.5 Å². The quantitative estimate of drug-likeness (QED) is 0.510. The minimum atomic E-state index is -0.0982. The summed E-state index contributed by atoms with van der Waals surface area (Å²) in [5.41, 5.74) is 1.80. The Morgan fingerprint density at radius 1 is 1.11 bits per heavy atom. The minimum Gasteiger partial charge on any atom is -0.459 e. The molecule has 28 heavy (non-hydrogen) atoms. The van der Waals surface area contributed by atoms with Crippen molar-refractivity contribution in [3.05, 3.63) is 76.2 Å². The van der Waals surface area contributed by atoms with Crippen molar-refractivity contribution in [1.29, 1.82) is 0 Å². The van der Waals surface area contributed by atoms with Crippen molar-refractivity contribution in [1.82, 2.24) is 15.2 Å². The van der Waals surface area contributed by atoms with Gasteiger partial charge in [-0.2, -0.15) is 0 Å². The fraction of sp³-hybridized carbons (Fsp3) is 0.238. The van der Waals surface area contributed by atoms with Gasteiger partial charge in [0.15, 0.2) is 5.11 Å². The number of hydrogen-bond donors (Lipinski definition) is 1. The SMILES string of the molecule is CC(C)N1C(=S)N[C@H](c2ccccn2)[C@H]1c1ccc(-c2ccc(Cl)c(Cl)c2)o1. The van der Waals surface area contributed by atoms with Gasteiger partial charge < -0.3 is 14.6 Å². The zero-order chi connectivity index (χ0) is 19.8. The van der Waals surface area contributed by atoms with Gasteiger partial charge in [-0.3, -0.25) is 4.98 Å². The third-order valence-corrected chi connectivity index (χ3v) is 5.88. The molecule has 2 atom stereocenters. The number of benzene rings is 1. The van der Waals surface area contributed by atoms with E-state index in [1.165, 1.54) is 0 Å². The molecule has 3 heterocycles. The molecule has 144 valence electrons. The third-order valence-electron chi connectivity index (χ3n) is 4.81. The van der Waals surface area contributed by atoms with Crippen LogP contribution in [-0.4, -0.2) is 21.0 Å². The molecule has 0 radical (unpaired) electrons. The van der Waals surface area contributed by atoms with Crippen molar-refractivity contribution in [2.24, 2.45) is 0 Å². The average Bonchev–Trinajstić information content (AvgIpc) is 3.29. The van der Waals surface area contributed by atoms with E-state index >= 15 is 0 Å². The molecule has 4 nitrogen and oxygen atoms in total. The molecule has 1 aliphatic rings. The summed E-state index contributed by atoms with van der Waals surface area (Å²) in [7, 11) is 0. The number of nitrogens with one attached hydrogen (secondary N) is 1. The minimum absolute atomic E-state index is 0.0936. The van der Waals surface area contributed by atoms with Crippen LogP contribution >= 0.6 is 35.4 Å². The van der Waals surface area contributed by atoms with Gasteiger partial charge in [-0.25, -0.2) is 0 Å². The van der Waals surface area contributed by atoms with Crippen LogP contribution in [0.15, 0.2) is 59.1 Å². The molecule has 4 rings (SSSR count). The first-order chi connectivity index (χ1) is 13.5. The second-order valence-electron chi connectivity index (χ2n) is 6.96. The van der Waals surface area contributed by atoms with Gasteiger partial charge in [0.1, 0.15) is 17.6 Å². The summed E-state index contributed by atoms with van der Waals surface area (Å²) < 4.78 is 6.26. The van der Waals surface area contributed by atoms with Gasteiger partial charge in [-0.05, 0) is 68.5 Å². The van der Waals surface area contributed by atoms with Gasteiger partial charge in [0.05, 0.1) is 21.8 Å². The summed E-state index contributed by atoms with van der Waals surface area (Å²) in [4.78, 5) is 6.69. The predicted octanol–water partition coefficient (Wildman–Crippen LogP) is 6.03. The van der Waals surface area contributed by atoms with E-state index in [9.17, 15) is 0 Å². The molecule has 1 aliphatic heterocycles. The zero-order valence-corrected chi connectivity index (χ0v) is 17.7.